The van der Waals surface area contributed by atoms with Crippen LogP contribution in [0.2, 0.25) is 0 Å². The van der Waals surface area contributed by atoms with Crippen LogP contribution in [0.4, 0.5) is 5.69 Å². The van der Waals surface area contributed by atoms with E-state index in [4.69, 9.17) is 4.74 Å². The molecular weight excluding hydrogens is 450 g/mol. The number of halogens is 1. The van der Waals surface area contributed by atoms with Crippen molar-refractivity contribution in [3.8, 4) is 0 Å². The van der Waals surface area contributed by atoms with Gasteiger partial charge in [-0.3, -0.25) is 14.9 Å². The Morgan fingerprint density at radius 3 is 2.23 bits per heavy atom. The van der Waals surface area contributed by atoms with Crippen molar-refractivity contribution < 1.29 is 19.2 Å². The lowest BCUT2D eigenvalue weighted by molar-refractivity contribution is -0.385. The lowest BCUT2D eigenvalue weighted by atomic mass is 9.97. The summed E-state index contributed by atoms with van der Waals surface area (Å²) in [5, 5.41) is 11.2. The highest BCUT2D eigenvalue weighted by atomic mass is 79.9. The summed E-state index contributed by atoms with van der Waals surface area (Å²) in [6.07, 6.45) is -1.18. The Bertz CT molecular complexity index is 1130. The summed E-state index contributed by atoms with van der Waals surface area (Å²) < 4.78 is 5.80. The molecule has 0 saturated carbocycles. The van der Waals surface area contributed by atoms with Crippen molar-refractivity contribution in [2.75, 3.05) is 0 Å². The summed E-state index contributed by atoms with van der Waals surface area (Å²) in [6, 6.07) is 17.9. The van der Waals surface area contributed by atoms with Gasteiger partial charge in [0, 0.05) is 17.2 Å². The Labute approximate surface area is 181 Å². The zero-order valence-corrected chi connectivity index (χ0v) is 17.9. The van der Waals surface area contributed by atoms with E-state index in [0.29, 0.717) is 11.1 Å². The monoisotopic (exact) mass is 467 g/mol. The molecule has 0 radical (unpaired) electrons. The number of benzene rings is 3. The molecule has 3 rings (SSSR count). The second-order valence-corrected chi connectivity index (χ2v) is 7.64. The van der Waals surface area contributed by atoms with Crippen LogP contribution in [0.1, 0.15) is 43.5 Å². The predicted octanol–water partition coefficient (Wildman–Crippen LogP) is 5.76. The number of nitro benzene ring substituents is 1. The molecule has 0 bridgehead atoms. The molecule has 3 aromatic rings. The predicted molar refractivity (Wildman–Crippen MR) is 116 cm³/mol. The van der Waals surface area contributed by atoms with Crippen molar-refractivity contribution in [3.63, 3.8) is 0 Å². The molecule has 0 fully saturated rings. The van der Waals surface area contributed by atoms with E-state index < -0.39 is 17.0 Å². The summed E-state index contributed by atoms with van der Waals surface area (Å²) in [5.74, 6) is -1.19. The van der Waals surface area contributed by atoms with Gasteiger partial charge in [-0.15, -0.1) is 0 Å². The normalized spacial score (nSPS) is 11.6. The lowest BCUT2D eigenvalue weighted by Crippen LogP contribution is -2.20. The molecule has 0 N–H and O–H groups in total. The summed E-state index contributed by atoms with van der Waals surface area (Å²) in [6.45, 7) is 3.84. The largest absolute Gasteiger partial charge is 0.445 e. The van der Waals surface area contributed by atoms with E-state index >= 15 is 0 Å². The number of rotatable bonds is 6. The average molecular weight is 468 g/mol. The van der Waals surface area contributed by atoms with Gasteiger partial charge in [-0.1, -0.05) is 42.5 Å². The molecule has 6 nitrogen and oxygen atoms in total. The number of nitrogens with zero attached hydrogens (tertiary/aromatic N) is 1. The van der Waals surface area contributed by atoms with Crippen LogP contribution in [-0.2, 0) is 4.74 Å². The van der Waals surface area contributed by atoms with Gasteiger partial charge in [0.05, 0.1) is 15.0 Å². The third-order valence-electron chi connectivity index (χ3n) is 4.74. The first-order valence-electron chi connectivity index (χ1n) is 9.09. The van der Waals surface area contributed by atoms with Gasteiger partial charge in [-0.2, -0.15) is 0 Å². The number of hydrogen-bond acceptors (Lipinski definition) is 5. The first kappa shape index (κ1) is 21.4. The van der Waals surface area contributed by atoms with E-state index in [1.165, 1.54) is 12.1 Å². The first-order valence-corrected chi connectivity index (χ1v) is 9.88. The highest BCUT2D eigenvalue weighted by molar-refractivity contribution is 9.10. The van der Waals surface area contributed by atoms with Gasteiger partial charge in [0.1, 0.15) is 0 Å². The quantitative estimate of drug-likeness (QED) is 0.199. The molecule has 0 aliphatic heterocycles. The highest BCUT2D eigenvalue weighted by Crippen LogP contribution is 2.28. The van der Waals surface area contributed by atoms with Gasteiger partial charge in [0.25, 0.3) is 5.69 Å². The van der Waals surface area contributed by atoms with E-state index in [1.54, 1.807) is 42.5 Å². The smallest absolute Gasteiger partial charge is 0.339 e. The molecule has 0 aliphatic carbocycles. The Balaban J connectivity index is 1.97. The van der Waals surface area contributed by atoms with Crippen LogP contribution in [0.5, 0.6) is 0 Å². The molecule has 0 aliphatic rings. The molecule has 30 heavy (non-hydrogen) atoms. The Kier molecular flexibility index (Phi) is 6.42. The fourth-order valence-electron chi connectivity index (χ4n) is 2.90. The van der Waals surface area contributed by atoms with E-state index in [1.807, 2.05) is 19.9 Å². The zero-order chi connectivity index (χ0) is 21.8. The van der Waals surface area contributed by atoms with Gasteiger partial charge in [-0.05, 0) is 59.1 Å². The van der Waals surface area contributed by atoms with Crippen LogP contribution < -0.4 is 0 Å². The van der Waals surface area contributed by atoms with E-state index in [-0.39, 0.29) is 21.5 Å². The van der Waals surface area contributed by atoms with E-state index in [2.05, 4.69) is 15.9 Å². The van der Waals surface area contributed by atoms with Gasteiger partial charge < -0.3 is 4.74 Å². The molecule has 0 saturated heterocycles. The number of carbonyl (C=O) groups is 2. The van der Waals surface area contributed by atoms with E-state index in [0.717, 1.165) is 17.2 Å². The van der Waals surface area contributed by atoms with Crippen molar-refractivity contribution in [1.29, 1.82) is 0 Å². The molecule has 1 atom stereocenters. The number of carbonyl (C=O) groups excluding carboxylic acids is 2. The highest BCUT2D eigenvalue weighted by Gasteiger charge is 2.28. The van der Waals surface area contributed by atoms with Crippen LogP contribution in [0, 0.1) is 24.0 Å². The van der Waals surface area contributed by atoms with Crippen molar-refractivity contribution in [2.45, 2.75) is 20.0 Å². The minimum atomic E-state index is -1.18. The SMILES string of the molecule is Cc1ccc(C(=O)[C@@H](OC(=O)c2ccc(Br)c([N+](=O)[O-])c2)c2ccccc2)cc1C. The Hall–Kier alpha value is -3.32. The fraction of sp³-hybridized carbons (Fsp3) is 0.130. The Morgan fingerprint density at radius 2 is 1.60 bits per heavy atom. The van der Waals surface area contributed by atoms with Gasteiger partial charge in [0.2, 0.25) is 5.78 Å². The number of aryl methyl sites for hydroxylation is 2. The van der Waals surface area contributed by atoms with Crippen LogP contribution in [0.25, 0.3) is 0 Å². The molecule has 3 aromatic carbocycles. The third-order valence-corrected chi connectivity index (χ3v) is 5.41. The van der Waals surface area contributed by atoms with Gasteiger partial charge >= 0.3 is 5.97 Å². The van der Waals surface area contributed by atoms with Crippen molar-refractivity contribution >= 4 is 33.4 Å². The molecule has 0 heterocycles. The van der Waals surface area contributed by atoms with E-state index in [9.17, 15) is 19.7 Å². The van der Waals surface area contributed by atoms with Crippen LogP contribution in [-0.4, -0.2) is 16.7 Å². The van der Waals surface area contributed by atoms with Crippen molar-refractivity contribution in [3.05, 3.63) is 109 Å². The fourth-order valence-corrected chi connectivity index (χ4v) is 3.29. The summed E-state index contributed by atoms with van der Waals surface area (Å²) in [7, 11) is 0. The van der Waals surface area contributed by atoms with Gasteiger partial charge in [-0.25, -0.2) is 4.79 Å². The second kappa shape index (κ2) is 9.00. The van der Waals surface area contributed by atoms with Crippen LogP contribution >= 0.6 is 15.9 Å². The zero-order valence-electron chi connectivity index (χ0n) is 16.3. The standard InChI is InChI=1S/C23H18BrNO5/c1-14-8-9-17(12-15(14)2)21(26)22(16-6-4-3-5-7-16)30-23(27)18-10-11-19(24)20(13-18)25(28)29/h3-13,22H,1-2H3/t22-/m0/s1. The third kappa shape index (κ3) is 4.63. The Morgan fingerprint density at radius 1 is 0.933 bits per heavy atom. The molecule has 152 valence electrons. The summed E-state index contributed by atoms with van der Waals surface area (Å²) >= 11 is 3.09. The number of nitro groups is 1. The lowest BCUT2D eigenvalue weighted by Gasteiger charge is -2.18. The minimum absolute atomic E-state index is 0.0151. The van der Waals surface area contributed by atoms with Crippen LogP contribution in [0.3, 0.4) is 0 Å². The number of hydrogen-bond donors (Lipinski definition) is 0. The number of ether oxygens (including phenoxy) is 1. The molecule has 0 unspecified atom stereocenters. The summed E-state index contributed by atoms with van der Waals surface area (Å²) in [5.41, 5.74) is 2.65. The minimum Gasteiger partial charge on any atom is -0.445 e. The maximum absolute atomic E-state index is 13.2. The second-order valence-electron chi connectivity index (χ2n) is 6.78. The molecule has 0 amide bonds. The number of ketones is 1. The van der Waals surface area contributed by atoms with Crippen molar-refractivity contribution in [1.82, 2.24) is 0 Å². The number of esters is 1. The molecule has 0 aromatic heterocycles. The maximum Gasteiger partial charge on any atom is 0.339 e. The van der Waals surface area contributed by atoms with Crippen molar-refractivity contribution in [2.24, 2.45) is 0 Å². The molecular formula is C23H18BrNO5. The topological polar surface area (TPSA) is 86.5 Å². The first-order chi connectivity index (χ1) is 14.3. The summed E-state index contributed by atoms with van der Waals surface area (Å²) in [4.78, 5) is 36.5. The molecule has 7 heteroatoms. The molecule has 0 spiro atoms. The van der Waals surface area contributed by atoms with Gasteiger partial charge in [0.15, 0.2) is 6.10 Å². The maximum atomic E-state index is 13.2. The number of Topliss-reactive ketones (excluding diaryl/α,β-unsaturated/α-hetero) is 1. The average Bonchev–Trinajstić information content (AvgIpc) is 2.74. The van der Waals surface area contributed by atoms with Crippen LogP contribution in [0.15, 0.2) is 71.2 Å².